The Balaban J connectivity index is 2.70. The molecule has 96 valence electrons. The summed E-state index contributed by atoms with van der Waals surface area (Å²) in [4.78, 5) is 15.4. The monoisotopic (exact) mass is 254 g/mol. The minimum Gasteiger partial charge on any atom is -0.369 e. The van der Waals surface area contributed by atoms with Crippen molar-refractivity contribution >= 4 is 22.9 Å². The van der Waals surface area contributed by atoms with Gasteiger partial charge in [-0.25, -0.2) is 13.8 Å². The zero-order chi connectivity index (χ0) is 13.4. The Labute approximate surface area is 102 Å². The molecule has 0 spiro atoms. The van der Waals surface area contributed by atoms with Crippen molar-refractivity contribution in [3.63, 3.8) is 0 Å². The molecule has 0 saturated carbocycles. The van der Waals surface area contributed by atoms with Gasteiger partial charge in [-0.2, -0.15) is 0 Å². The van der Waals surface area contributed by atoms with Crippen LogP contribution in [0.5, 0.6) is 0 Å². The van der Waals surface area contributed by atoms with E-state index in [0.717, 1.165) is 12.1 Å². The topological polar surface area (TPSA) is 72.9 Å². The van der Waals surface area contributed by atoms with Gasteiger partial charge in [-0.15, -0.1) is 0 Å². The van der Waals surface area contributed by atoms with Gasteiger partial charge in [0.1, 0.15) is 17.4 Å². The highest BCUT2D eigenvalue weighted by Crippen LogP contribution is 2.25. The van der Waals surface area contributed by atoms with Crippen molar-refractivity contribution < 1.29 is 13.6 Å². The second-order valence-electron chi connectivity index (χ2n) is 3.89. The fraction of sp³-hybridized carbons (Fsp3) is 0.273. The number of nitrogens with two attached hydrogens (primary N) is 1. The van der Waals surface area contributed by atoms with Gasteiger partial charge in [-0.05, 0) is 6.92 Å². The van der Waals surface area contributed by atoms with Crippen LogP contribution in [0.4, 0.5) is 14.7 Å². The van der Waals surface area contributed by atoms with Crippen LogP contribution in [0.3, 0.4) is 0 Å². The first-order valence-corrected chi connectivity index (χ1v) is 5.29. The number of hydrogen-bond donors (Lipinski definition) is 2. The lowest BCUT2D eigenvalue weighted by Gasteiger charge is -2.14. The number of amides is 1. The third kappa shape index (κ3) is 1.77. The smallest absolute Gasteiger partial charge is 0.242 e. The summed E-state index contributed by atoms with van der Waals surface area (Å²) >= 11 is 0. The first-order valence-electron chi connectivity index (χ1n) is 5.29. The predicted molar refractivity (Wildman–Crippen MR) is 62.8 cm³/mol. The van der Waals surface area contributed by atoms with Crippen LogP contribution in [-0.4, -0.2) is 22.5 Å². The molecule has 1 unspecified atom stereocenters. The summed E-state index contributed by atoms with van der Waals surface area (Å²) in [6.07, 6.45) is 0. The molecule has 1 aromatic carbocycles. The Bertz CT molecular complexity index is 623. The van der Waals surface area contributed by atoms with E-state index in [2.05, 4.69) is 10.3 Å². The molecular formula is C11H12F2N4O. The van der Waals surface area contributed by atoms with Crippen molar-refractivity contribution in [2.75, 3.05) is 12.8 Å². The van der Waals surface area contributed by atoms with E-state index in [4.69, 9.17) is 5.73 Å². The lowest BCUT2D eigenvalue weighted by Crippen LogP contribution is -2.28. The maximum absolute atomic E-state index is 13.5. The minimum atomic E-state index is -0.806. The zero-order valence-corrected chi connectivity index (χ0v) is 9.87. The quantitative estimate of drug-likeness (QED) is 0.845. The molecule has 0 aliphatic heterocycles. The van der Waals surface area contributed by atoms with E-state index in [1.54, 1.807) is 6.92 Å². The third-order valence-electron chi connectivity index (χ3n) is 2.75. The van der Waals surface area contributed by atoms with Gasteiger partial charge in [-0.1, -0.05) is 0 Å². The van der Waals surface area contributed by atoms with E-state index >= 15 is 0 Å². The highest BCUT2D eigenvalue weighted by molar-refractivity contribution is 5.85. The van der Waals surface area contributed by atoms with Gasteiger partial charge in [-0.3, -0.25) is 9.36 Å². The fourth-order valence-electron chi connectivity index (χ4n) is 1.87. The number of nitrogens with one attached hydrogen (secondary N) is 1. The van der Waals surface area contributed by atoms with Crippen LogP contribution in [0.2, 0.25) is 0 Å². The third-order valence-corrected chi connectivity index (χ3v) is 2.75. The SMILES string of the molecule is CNC(=O)C(C)n1c(N)nc2c(F)cc(F)cc21. The number of halogens is 2. The minimum absolute atomic E-state index is 0.0365. The molecular weight excluding hydrogens is 242 g/mol. The molecule has 1 amide bonds. The first-order chi connectivity index (χ1) is 8.45. The van der Waals surface area contributed by atoms with Gasteiger partial charge < -0.3 is 11.1 Å². The normalized spacial score (nSPS) is 12.7. The van der Waals surface area contributed by atoms with Crippen LogP contribution in [0.15, 0.2) is 12.1 Å². The van der Waals surface area contributed by atoms with Crippen LogP contribution < -0.4 is 11.1 Å². The maximum atomic E-state index is 13.5. The second kappa shape index (κ2) is 4.25. The Morgan fingerprint density at radius 3 is 2.78 bits per heavy atom. The molecule has 1 aromatic heterocycles. The molecule has 0 aliphatic rings. The van der Waals surface area contributed by atoms with Gasteiger partial charge >= 0.3 is 0 Å². The van der Waals surface area contributed by atoms with Crippen molar-refractivity contribution in [1.29, 1.82) is 0 Å². The summed E-state index contributed by atoms with van der Waals surface area (Å²) in [5.74, 6) is -1.92. The van der Waals surface area contributed by atoms with Crippen molar-refractivity contribution in [3.05, 3.63) is 23.8 Å². The van der Waals surface area contributed by atoms with E-state index < -0.39 is 17.7 Å². The number of benzene rings is 1. The zero-order valence-electron chi connectivity index (χ0n) is 9.87. The molecule has 3 N–H and O–H groups in total. The van der Waals surface area contributed by atoms with Gasteiger partial charge in [0.25, 0.3) is 0 Å². The largest absolute Gasteiger partial charge is 0.369 e. The molecule has 0 fully saturated rings. The standard InChI is InChI=1S/C11H12F2N4O/c1-5(10(18)15-2)17-8-4-6(12)3-7(13)9(8)16-11(17)14/h3-5H,1-2H3,(H2,14,16)(H,15,18). The lowest BCUT2D eigenvalue weighted by molar-refractivity contribution is -0.123. The number of likely N-dealkylation sites (N-methyl/N-ethyl adjacent to an activating group) is 1. The molecule has 1 atom stereocenters. The van der Waals surface area contributed by atoms with Crippen LogP contribution >= 0.6 is 0 Å². The summed E-state index contributed by atoms with van der Waals surface area (Å²) in [6.45, 7) is 1.57. The molecule has 2 rings (SSSR count). The number of nitrogens with zero attached hydrogens (tertiary/aromatic N) is 2. The first kappa shape index (κ1) is 12.3. The summed E-state index contributed by atoms with van der Waals surface area (Å²) in [6, 6.07) is 1.12. The summed E-state index contributed by atoms with van der Waals surface area (Å²) in [5.41, 5.74) is 5.75. The Hall–Kier alpha value is -2.18. The van der Waals surface area contributed by atoms with Gasteiger partial charge in [0, 0.05) is 19.2 Å². The average molecular weight is 254 g/mol. The van der Waals surface area contributed by atoms with Crippen LogP contribution in [0.25, 0.3) is 11.0 Å². The Morgan fingerprint density at radius 1 is 1.50 bits per heavy atom. The predicted octanol–water partition coefficient (Wildman–Crippen LogP) is 1.20. The number of aromatic nitrogens is 2. The molecule has 1 heterocycles. The lowest BCUT2D eigenvalue weighted by atomic mass is 10.2. The number of nitrogen functional groups attached to an aromatic ring is 1. The number of hydrogen-bond acceptors (Lipinski definition) is 3. The Morgan fingerprint density at radius 2 is 2.17 bits per heavy atom. The van der Waals surface area contributed by atoms with E-state index in [9.17, 15) is 13.6 Å². The van der Waals surface area contributed by atoms with Gasteiger partial charge in [0.05, 0.1) is 5.52 Å². The second-order valence-corrected chi connectivity index (χ2v) is 3.89. The van der Waals surface area contributed by atoms with Crippen molar-refractivity contribution in [1.82, 2.24) is 14.9 Å². The van der Waals surface area contributed by atoms with E-state index in [0.29, 0.717) is 0 Å². The number of fused-ring (bicyclic) bond motifs is 1. The molecule has 5 nitrogen and oxygen atoms in total. The molecule has 0 radical (unpaired) electrons. The molecule has 2 aromatic rings. The molecule has 0 bridgehead atoms. The number of imidazole rings is 1. The van der Waals surface area contributed by atoms with Crippen molar-refractivity contribution in [2.24, 2.45) is 0 Å². The van der Waals surface area contributed by atoms with Crippen LogP contribution in [0.1, 0.15) is 13.0 Å². The highest BCUT2D eigenvalue weighted by Gasteiger charge is 2.21. The van der Waals surface area contributed by atoms with E-state index in [1.165, 1.54) is 11.6 Å². The molecule has 7 heteroatoms. The fourth-order valence-corrected chi connectivity index (χ4v) is 1.87. The highest BCUT2D eigenvalue weighted by atomic mass is 19.1. The molecule has 0 aliphatic carbocycles. The van der Waals surface area contributed by atoms with Crippen LogP contribution in [-0.2, 0) is 4.79 Å². The summed E-state index contributed by atoms with van der Waals surface area (Å²) < 4.78 is 28.0. The number of anilines is 1. The van der Waals surface area contributed by atoms with Gasteiger partial charge in [0.15, 0.2) is 5.82 Å². The van der Waals surface area contributed by atoms with Crippen molar-refractivity contribution in [3.8, 4) is 0 Å². The Kier molecular flexibility index (Phi) is 2.90. The number of carbonyl (C=O) groups is 1. The average Bonchev–Trinajstić information content (AvgIpc) is 2.64. The summed E-state index contributed by atoms with van der Waals surface area (Å²) in [7, 11) is 1.47. The number of carbonyl (C=O) groups excluding carboxylic acids is 1. The van der Waals surface area contributed by atoms with E-state index in [1.807, 2.05) is 0 Å². The summed E-state index contributed by atoms with van der Waals surface area (Å²) in [5, 5.41) is 2.44. The van der Waals surface area contributed by atoms with Crippen LogP contribution in [0, 0.1) is 11.6 Å². The van der Waals surface area contributed by atoms with E-state index in [-0.39, 0.29) is 22.9 Å². The van der Waals surface area contributed by atoms with Crippen molar-refractivity contribution in [2.45, 2.75) is 13.0 Å². The van der Waals surface area contributed by atoms with Gasteiger partial charge in [0.2, 0.25) is 11.9 Å². The molecule has 0 saturated heterocycles. The maximum Gasteiger partial charge on any atom is 0.242 e. The molecule has 18 heavy (non-hydrogen) atoms. The number of rotatable bonds is 2.